The van der Waals surface area contributed by atoms with Crippen LogP contribution >= 0.6 is 0 Å². The van der Waals surface area contributed by atoms with E-state index in [-0.39, 0.29) is 0 Å². The predicted octanol–water partition coefficient (Wildman–Crippen LogP) is 3.11. The third kappa shape index (κ3) is 2.97. The summed E-state index contributed by atoms with van der Waals surface area (Å²) in [6.07, 6.45) is 3.86. The van der Waals surface area contributed by atoms with E-state index in [2.05, 4.69) is 18.2 Å². The van der Waals surface area contributed by atoms with Gasteiger partial charge in [0.25, 0.3) is 0 Å². The van der Waals surface area contributed by atoms with E-state index in [0.717, 1.165) is 46.9 Å². The number of hydrogen-bond acceptors (Lipinski definition) is 6. The SMILES string of the molecule is N/C=C\N(N)c1ccc2nc(-c3ccc4c(c3)OCC4)c(-c3ccccc3)n2n1. The fraction of sp³-hybridized carbons (Fsp3) is 0.0909. The molecule has 4 aromatic rings. The van der Waals surface area contributed by atoms with Crippen molar-refractivity contribution in [1.29, 1.82) is 0 Å². The Bertz CT molecular complexity index is 1210. The molecule has 2 aromatic carbocycles. The molecule has 4 N–H and O–H groups in total. The van der Waals surface area contributed by atoms with Crippen molar-refractivity contribution >= 4 is 11.5 Å². The summed E-state index contributed by atoms with van der Waals surface area (Å²) < 4.78 is 7.58. The first-order chi connectivity index (χ1) is 14.2. The monoisotopic (exact) mass is 384 g/mol. The first kappa shape index (κ1) is 17.3. The molecule has 0 saturated carbocycles. The lowest BCUT2D eigenvalue weighted by atomic mass is 10.0. The number of hydrazine groups is 1. The second kappa shape index (κ2) is 6.96. The Hall–Kier alpha value is -3.84. The number of rotatable bonds is 4. The van der Waals surface area contributed by atoms with Crippen LogP contribution in [0.3, 0.4) is 0 Å². The highest BCUT2D eigenvalue weighted by Crippen LogP contribution is 2.36. The van der Waals surface area contributed by atoms with Crippen molar-refractivity contribution in [3.8, 4) is 28.3 Å². The summed E-state index contributed by atoms with van der Waals surface area (Å²) in [5.41, 5.74) is 11.2. The van der Waals surface area contributed by atoms with Gasteiger partial charge in [0.05, 0.1) is 12.3 Å². The Kier molecular flexibility index (Phi) is 4.14. The molecular formula is C22H20N6O. The molecule has 0 amide bonds. The lowest BCUT2D eigenvalue weighted by molar-refractivity contribution is 0.357. The number of ether oxygens (including phenoxy) is 1. The zero-order valence-corrected chi connectivity index (χ0v) is 15.7. The summed E-state index contributed by atoms with van der Waals surface area (Å²) in [4.78, 5) is 4.87. The molecule has 7 nitrogen and oxygen atoms in total. The molecule has 0 spiro atoms. The average molecular weight is 384 g/mol. The van der Waals surface area contributed by atoms with Crippen molar-refractivity contribution in [1.82, 2.24) is 14.6 Å². The van der Waals surface area contributed by atoms with Crippen molar-refractivity contribution in [3.63, 3.8) is 0 Å². The second-order valence-corrected chi connectivity index (χ2v) is 6.81. The third-order valence-electron chi connectivity index (χ3n) is 4.99. The maximum absolute atomic E-state index is 6.02. The van der Waals surface area contributed by atoms with Gasteiger partial charge in [-0.3, -0.25) is 5.01 Å². The first-order valence-corrected chi connectivity index (χ1v) is 9.38. The van der Waals surface area contributed by atoms with Crippen LogP contribution in [-0.4, -0.2) is 21.2 Å². The standard InChI is InChI=1S/C22H20N6O/c23-11-12-27(24)20-9-8-19-25-21(17-7-6-15-10-13-29-18(15)14-17)22(28(19)26-20)16-4-2-1-3-5-16/h1-9,11-12,14H,10,13,23-24H2/b12-11-. The van der Waals surface area contributed by atoms with Crippen molar-refractivity contribution in [2.24, 2.45) is 11.6 Å². The summed E-state index contributed by atoms with van der Waals surface area (Å²) in [5.74, 6) is 7.50. The first-order valence-electron chi connectivity index (χ1n) is 9.38. The molecule has 0 unspecified atom stereocenters. The molecule has 0 saturated heterocycles. The van der Waals surface area contributed by atoms with Crippen molar-refractivity contribution in [2.75, 3.05) is 11.6 Å². The lowest BCUT2D eigenvalue weighted by Crippen LogP contribution is -2.26. The lowest BCUT2D eigenvalue weighted by Gasteiger charge is -2.12. The zero-order chi connectivity index (χ0) is 19.8. The number of imidazole rings is 1. The van der Waals surface area contributed by atoms with Crippen LogP contribution in [0.5, 0.6) is 5.75 Å². The number of benzene rings is 2. The van der Waals surface area contributed by atoms with Gasteiger partial charge < -0.3 is 10.5 Å². The number of hydrogen-bond donors (Lipinski definition) is 2. The van der Waals surface area contributed by atoms with Crippen LogP contribution in [0.4, 0.5) is 5.82 Å². The fourth-order valence-corrected chi connectivity index (χ4v) is 3.60. The van der Waals surface area contributed by atoms with E-state index in [1.807, 2.05) is 47.0 Å². The molecule has 0 fully saturated rings. The molecule has 2 aromatic heterocycles. The van der Waals surface area contributed by atoms with Crippen LogP contribution in [0.2, 0.25) is 0 Å². The molecule has 0 aliphatic carbocycles. The maximum Gasteiger partial charge on any atom is 0.167 e. The van der Waals surface area contributed by atoms with Crippen LogP contribution in [0.15, 0.2) is 73.1 Å². The highest BCUT2D eigenvalue weighted by atomic mass is 16.5. The predicted molar refractivity (Wildman–Crippen MR) is 113 cm³/mol. The van der Waals surface area contributed by atoms with E-state index in [9.17, 15) is 0 Å². The molecule has 0 bridgehead atoms. The minimum atomic E-state index is 0.553. The minimum Gasteiger partial charge on any atom is -0.493 e. The Morgan fingerprint density at radius 2 is 1.90 bits per heavy atom. The normalized spacial score (nSPS) is 13.0. The largest absolute Gasteiger partial charge is 0.493 e. The van der Waals surface area contributed by atoms with Crippen LogP contribution in [0.25, 0.3) is 28.2 Å². The topological polar surface area (TPSA) is 94.7 Å². The van der Waals surface area contributed by atoms with Gasteiger partial charge in [-0.15, -0.1) is 5.10 Å². The molecule has 1 aliphatic heterocycles. The molecule has 144 valence electrons. The third-order valence-corrected chi connectivity index (χ3v) is 4.99. The summed E-state index contributed by atoms with van der Waals surface area (Å²) in [7, 11) is 0. The molecule has 29 heavy (non-hydrogen) atoms. The fourth-order valence-electron chi connectivity index (χ4n) is 3.60. The minimum absolute atomic E-state index is 0.553. The van der Waals surface area contributed by atoms with Gasteiger partial charge in [0.1, 0.15) is 11.4 Å². The van der Waals surface area contributed by atoms with Crippen molar-refractivity contribution < 1.29 is 4.74 Å². The number of nitrogens with zero attached hydrogens (tertiary/aromatic N) is 4. The zero-order valence-electron chi connectivity index (χ0n) is 15.7. The Labute approximate surface area is 167 Å². The molecule has 5 rings (SSSR count). The molecule has 0 atom stereocenters. The number of aromatic nitrogens is 3. The van der Waals surface area contributed by atoms with E-state index in [4.69, 9.17) is 26.4 Å². The maximum atomic E-state index is 6.02. The Balaban J connectivity index is 1.75. The number of fused-ring (bicyclic) bond motifs is 2. The van der Waals surface area contributed by atoms with Gasteiger partial charge >= 0.3 is 0 Å². The van der Waals surface area contributed by atoms with Gasteiger partial charge in [0, 0.05) is 29.9 Å². The van der Waals surface area contributed by atoms with Crippen molar-refractivity contribution in [2.45, 2.75) is 6.42 Å². The van der Waals surface area contributed by atoms with E-state index < -0.39 is 0 Å². The highest BCUT2D eigenvalue weighted by molar-refractivity contribution is 5.82. The summed E-state index contributed by atoms with van der Waals surface area (Å²) in [5, 5.41) is 6.08. The molecule has 3 heterocycles. The Morgan fingerprint density at radius 1 is 1.03 bits per heavy atom. The molecule has 1 aliphatic rings. The van der Waals surface area contributed by atoms with E-state index in [0.29, 0.717) is 5.82 Å². The molecular weight excluding hydrogens is 364 g/mol. The summed E-state index contributed by atoms with van der Waals surface area (Å²) >= 11 is 0. The summed E-state index contributed by atoms with van der Waals surface area (Å²) in [6.45, 7) is 0.724. The van der Waals surface area contributed by atoms with E-state index in [1.165, 1.54) is 16.8 Å². The van der Waals surface area contributed by atoms with E-state index >= 15 is 0 Å². The highest BCUT2D eigenvalue weighted by Gasteiger charge is 2.20. The number of anilines is 1. The number of nitrogens with two attached hydrogens (primary N) is 2. The molecule has 7 heteroatoms. The van der Waals surface area contributed by atoms with Gasteiger partial charge in [-0.05, 0) is 23.8 Å². The van der Waals surface area contributed by atoms with Crippen molar-refractivity contribution in [3.05, 3.63) is 78.6 Å². The van der Waals surface area contributed by atoms with Crippen LogP contribution in [-0.2, 0) is 6.42 Å². The van der Waals surface area contributed by atoms with Gasteiger partial charge in [-0.1, -0.05) is 42.5 Å². The van der Waals surface area contributed by atoms with Crippen LogP contribution in [0.1, 0.15) is 5.56 Å². The van der Waals surface area contributed by atoms with Crippen LogP contribution in [0, 0.1) is 0 Å². The van der Waals surface area contributed by atoms with Crippen LogP contribution < -0.4 is 21.3 Å². The van der Waals surface area contributed by atoms with Gasteiger partial charge in [-0.25, -0.2) is 15.3 Å². The molecule has 0 radical (unpaired) electrons. The second-order valence-electron chi connectivity index (χ2n) is 6.81. The Morgan fingerprint density at radius 3 is 2.72 bits per heavy atom. The quantitative estimate of drug-likeness (QED) is 0.415. The van der Waals surface area contributed by atoms with Gasteiger partial charge in [-0.2, -0.15) is 0 Å². The smallest absolute Gasteiger partial charge is 0.167 e. The van der Waals surface area contributed by atoms with Gasteiger partial charge in [0.15, 0.2) is 11.5 Å². The summed E-state index contributed by atoms with van der Waals surface area (Å²) in [6, 6.07) is 20.1. The van der Waals surface area contributed by atoms with Gasteiger partial charge in [0.2, 0.25) is 0 Å². The average Bonchev–Trinajstić information content (AvgIpc) is 3.37. The van der Waals surface area contributed by atoms with E-state index in [1.54, 1.807) is 6.20 Å².